The van der Waals surface area contributed by atoms with Gasteiger partial charge in [-0.15, -0.1) is 0 Å². The van der Waals surface area contributed by atoms with E-state index in [1.807, 2.05) is 24.3 Å². The first-order chi connectivity index (χ1) is 10.6. The Bertz CT molecular complexity index is 820. The molecule has 1 heterocycles. The molecular weight excluding hydrogens is 366 g/mol. The number of nitrogen functional groups attached to an aromatic ring is 1. The lowest BCUT2D eigenvalue weighted by atomic mass is 10.3. The zero-order valence-corrected chi connectivity index (χ0v) is 13.8. The monoisotopic (exact) mass is 377 g/mol. The van der Waals surface area contributed by atoms with Gasteiger partial charge in [0.2, 0.25) is 0 Å². The Labute approximate surface area is 139 Å². The van der Waals surface area contributed by atoms with Crippen LogP contribution in [-0.4, -0.2) is 17.5 Å². The van der Waals surface area contributed by atoms with Crippen molar-refractivity contribution < 1.29 is 9.53 Å². The standard InChI is InChI=1S/C15H12BrN3O2S/c16-11-6-9(7-12-14(11)19-15(17)22-12)18-13(20)8-21-10-4-2-1-3-5-10/h1-7H,8H2,(H2,17,19)(H,18,20). The number of amides is 1. The molecule has 5 nitrogen and oxygen atoms in total. The second-order valence-corrected chi connectivity index (χ2v) is 6.42. The first-order valence-corrected chi connectivity index (χ1v) is 8.06. The minimum atomic E-state index is -0.229. The van der Waals surface area contributed by atoms with Crippen LogP contribution in [0.15, 0.2) is 46.9 Å². The Morgan fingerprint density at radius 2 is 2.09 bits per heavy atom. The summed E-state index contributed by atoms with van der Waals surface area (Å²) < 4.78 is 7.11. The molecule has 2 aromatic carbocycles. The summed E-state index contributed by atoms with van der Waals surface area (Å²) in [6.45, 7) is -0.0511. The third-order valence-corrected chi connectivity index (χ3v) is 4.30. The average molecular weight is 378 g/mol. The molecule has 7 heteroatoms. The number of aromatic nitrogens is 1. The van der Waals surface area contributed by atoms with Crippen molar-refractivity contribution >= 4 is 54.2 Å². The van der Waals surface area contributed by atoms with E-state index in [-0.39, 0.29) is 12.5 Å². The third kappa shape index (κ3) is 3.37. The highest BCUT2D eigenvalue weighted by Gasteiger charge is 2.10. The molecule has 0 radical (unpaired) electrons. The predicted molar refractivity (Wildman–Crippen MR) is 92.3 cm³/mol. The number of anilines is 2. The zero-order valence-electron chi connectivity index (χ0n) is 11.4. The van der Waals surface area contributed by atoms with Gasteiger partial charge in [-0.2, -0.15) is 0 Å². The normalized spacial score (nSPS) is 10.6. The predicted octanol–water partition coefficient (Wildman–Crippen LogP) is 3.66. The van der Waals surface area contributed by atoms with E-state index in [2.05, 4.69) is 26.2 Å². The number of halogens is 1. The number of para-hydroxylation sites is 1. The van der Waals surface area contributed by atoms with Gasteiger partial charge in [-0.1, -0.05) is 29.5 Å². The molecule has 0 aliphatic rings. The molecule has 1 aromatic heterocycles. The molecule has 3 N–H and O–H groups in total. The number of thiazole rings is 1. The molecule has 3 aromatic rings. The van der Waals surface area contributed by atoms with Crippen molar-refractivity contribution in [2.75, 3.05) is 17.7 Å². The number of benzene rings is 2. The van der Waals surface area contributed by atoms with Crippen molar-refractivity contribution in [1.29, 1.82) is 0 Å². The SMILES string of the molecule is Nc1nc2c(Br)cc(NC(=O)COc3ccccc3)cc2s1. The summed E-state index contributed by atoms with van der Waals surface area (Å²) in [5.41, 5.74) is 7.17. The van der Waals surface area contributed by atoms with E-state index < -0.39 is 0 Å². The van der Waals surface area contributed by atoms with E-state index >= 15 is 0 Å². The molecule has 0 fully saturated rings. The Kier molecular flexibility index (Phi) is 4.26. The summed E-state index contributed by atoms with van der Waals surface area (Å²) in [5, 5.41) is 3.29. The highest BCUT2D eigenvalue weighted by atomic mass is 79.9. The average Bonchev–Trinajstić information content (AvgIpc) is 2.87. The van der Waals surface area contributed by atoms with Crippen molar-refractivity contribution in [3.63, 3.8) is 0 Å². The molecule has 0 saturated carbocycles. The number of fused-ring (bicyclic) bond motifs is 1. The molecule has 0 bridgehead atoms. The molecule has 3 rings (SSSR count). The fourth-order valence-electron chi connectivity index (χ4n) is 1.94. The first kappa shape index (κ1) is 14.8. The van der Waals surface area contributed by atoms with Crippen LogP contribution in [0.4, 0.5) is 10.8 Å². The van der Waals surface area contributed by atoms with E-state index in [1.54, 1.807) is 18.2 Å². The van der Waals surface area contributed by atoms with Gasteiger partial charge in [0, 0.05) is 10.2 Å². The summed E-state index contributed by atoms with van der Waals surface area (Å²) in [6, 6.07) is 12.8. The maximum absolute atomic E-state index is 12.0. The van der Waals surface area contributed by atoms with Crippen LogP contribution in [0.5, 0.6) is 5.75 Å². The quantitative estimate of drug-likeness (QED) is 0.727. The Morgan fingerprint density at radius 3 is 2.86 bits per heavy atom. The van der Waals surface area contributed by atoms with Crippen molar-refractivity contribution in [3.8, 4) is 5.75 Å². The zero-order chi connectivity index (χ0) is 15.5. The second kappa shape index (κ2) is 6.33. The molecule has 112 valence electrons. The molecule has 1 amide bonds. The molecule has 0 aliphatic carbocycles. The van der Waals surface area contributed by atoms with Crippen molar-refractivity contribution in [1.82, 2.24) is 4.98 Å². The van der Waals surface area contributed by atoms with Crippen LogP contribution < -0.4 is 15.8 Å². The number of ether oxygens (including phenoxy) is 1. The van der Waals surface area contributed by atoms with E-state index in [4.69, 9.17) is 10.5 Å². The van der Waals surface area contributed by atoms with E-state index in [0.717, 1.165) is 14.7 Å². The number of nitrogens with one attached hydrogen (secondary N) is 1. The summed E-state index contributed by atoms with van der Waals surface area (Å²) in [5.74, 6) is 0.428. The largest absolute Gasteiger partial charge is 0.484 e. The maximum Gasteiger partial charge on any atom is 0.262 e. The fraction of sp³-hybridized carbons (Fsp3) is 0.0667. The van der Waals surface area contributed by atoms with E-state index in [0.29, 0.717) is 16.6 Å². The topological polar surface area (TPSA) is 77.2 Å². The number of hydrogen-bond acceptors (Lipinski definition) is 5. The number of nitrogens with two attached hydrogens (primary N) is 1. The number of nitrogens with zero attached hydrogens (tertiary/aromatic N) is 1. The van der Waals surface area contributed by atoms with Crippen LogP contribution in [-0.2, 0) is 4.79 Å². The highest BCUT2D eigenvalue weighted by Crippen LogP contribution is 2.32. The summed E-state index contributed by atoms with van der Waals surface area (Å²) in [4.78, 5) is 16.2. The molecule has 22 heavy (non-hydrogen) atoms. The van der Waals surface area contributed by atoms with Gasteiger partial charge in [0.05, 0.1) is 10.2 Å². The van der Waals surface area contributed by atoms with Crippen molar-refractivity contribution in [2.45, 2.75) is 0 Å². The van der Waals surface area contributed by atoms with Crippen LogP contribution >= 0.6 is 27.3 Å². The Hall–Kier alpha value is -2.12. The van der Waals surface area contributed by atoms with Crippen molar-refractivity contribution in [3.05, 3.63) is 46.9 Å². The van der Waals surface area contributed by atoms with Crippen LogP contribution in [0, 0.1) is 0 Å². The molecule has 0 aliphatic heterocycles. The number of rotatable bonds is 4. The Balaban J connectivity index is 1.68. The third-order valence-electron chi connectivity index (χ3n) is 2.86. The van der Waals surface area contributed by atoms with Gasteiger partial charge in [0.1, 0.15) is 5.75 Å². The summed E-state index contributed by atoms with van der Waals surface area (Å²) in [7, 11) is 0. The molecule has 0 atom stereocenters. The molecular formula is C15H12BrN3O2S. The lowest BCUT2D eigenvalue weighted by Gasteiger charge is -2.08. The van der Waals surface area contributed by atoms with Crippen LogP contribution in [0.1, 0.15) is 0 Å². The molecule has 0 saturated heterocycles. The number of hydrogen-bond donors (Lipinski definition) is 2. The van der Waals surface area contributed by atoms with Gasteiger partial charge in [-0.3, -0.25) is 4.79 Å². The van der Waals surface area contributed by atoms with Crippen LogP contribution in [0.2, 0.25) is 0 Å². The lowest BCUT2D eigenvalue weighted by molar-refractivity contribution is -0.118. The lowest BCUT2D eigenvalue weighted by Crippen LogP contribution is -2.20. The second-order valence-electron chi connectivity index (χ2n) is 4.51. The van der Waals surface area contributed by atoms with Crippen LogP contribution in [0.3, 0.4) is 0 Å². The Morgan fingerprint density at radius 1 is 1.32 bits per heavy atom. The van der Waals surface area contributed by atoms with Gasteiger partial charge < -0.3 is 15.8 Å². The van der Waals surface area contributed by atoms with Gasteiger partial charge >= 0.3 is 0 Å². The van der Waals surface area contributed by atoms with Crippen molar-refractivity contribution in [2.24, 2.45) is 0 Å². The summed E-state index contributed by atoms with van der Waals surface area (Å²) in [6.07, 6.45) is 0. The first-order valence-electron chi connectivity index (χ1n) is 6.45. The molecule has 0 unspecified atom stereocenters. The number of carbonyl (C=O) groups excluding carboxylic acids is 1. The van der Waals surface area contributed by atoms with Crippen LogP contribution in [0.25, 0.3) is 10.2 Å². The highest BCUT2D eigenvalue weighted by molar-refractivity contribution is 9.10. The smallest absolute Gasteiger partial charge is 0.262 e. The van der Waals surface area contributed by atoms with E-state index in [1.165, 1.54) is 11.3 Å². The maximum atomic E-state index is 12.0. The number of carbonyl (C=O) groups is 1. The minimum Gasteiger partial charge on any atom is -0.484 e. The van der Waals surface area contributed by atoms with Gasteiger partial charge in [-0.25, -0.2) is 4.98 Å². The van der Waals surface area contributed by atoms with Gasteiger partial charge in [0.25, 0.3) is 5.91 Å². The molecule has 0 spiro atoms. The van der Waals surface area contributed by atoms with Gasteiger partial charge in [0.15, 0.2) is 11.7 Å². The van der Waals surface area contributed by atoms with Gasteiger partial charge in [-0.05, 0) is 40.2 Å². The summed E-state index contributed by atoms with van der Waals surface area (Å²) >= 11 is 4.80. The fourth-order valence-corrected chi connectivity index (χ4v) is 3.42. The van der Waals surface area contributed by atoms with E-state index in [9.17, 15) is 4.79 Å². The minimum absolute atomic E-state index is 0.0511.